The molecule has 0 bridgehead atoms. The first kappa shape index (κ1) is 15.6. The Morgan fingerprint density at radius 3 is 2.81 bits per heavy atom. The highest BCUT2D eigenvalue weighted by atomic mass is 35.5. The van der Waals surface area contributed by atoms with E-state index in [1.54, 1.807) is 23.0 Å². The zero-order valence-corrected chi connectivity index (χ0v) is 12.7. The molecule has 0 aliphatic carbocycles. The molecule has 0 aliphatic rings. The first-order chi connectivity index (χ1) is 10.1. The molecule has 2 rings (SSSR count). The molecule has 21 heavy (non-hydrogen) atoms. The minimum atomic E-state index is -0.548. The Bertz CT molecular complexity index is 615. The smallest absolute Gasteiger partial charge is 0.101 e. The first-order valence-corrected chi connectivity index (χ1v) is 7.03. The molecule has 0 aliphatic heterocycles. The molecule has 2 aromatic rings. The fourth-order valence-electron chi connectivity index (χ4n) is 2.13. The van der Waals surface area contributed by atoms with E-state index in [-0.39, 0.29) is 0 Å². The van der Waals surface area contributed by atoms with Crippen LogP contribution < -0.4 is 0 Å². The molecule has 5 heteroatoms. The Kier molecular flexibility index (Phi) is 5.40. The van der Waals surface area contributed by atoms with E-state index in [4.69, 9.17) is 18.0 Å². The van der Waals surface area contributed by atoms with Crippen LogP contribution in [-0.2, 0) is 13.1 Å². The van der Waals surface area contributed by atoms with E-state index in [9.17, 15) is 5.11 Å². The van der Waals surface area contributed by atoms with Gasteiger partial charge < -0.3 is 5.11 Å². The Balaban J connectivity index is 1.89. The van der Waals surface area contributed by atoms with Crippen molar-refractivity contribution in [3.05, 3.63) is 52.8 Å². The van der Waals surface area contributed by atoms with Gasteiger partial charge in [-0.3, -0.25) is 9.58 Å². The number of hydrogen-bond donors (Lipinski definition) is 1. The van der Waals surface area contributed by atoms with E-state index < -0.39 is 6.10 Å². The van der Waals surface area contributed by atoms with Gasteiger partial charge >= 0.3 is 0 Å². The summed E-state index contributed by atoms with van der Waals surface area (Å²) in [6.45, 7) is 1.70. The van der Waals surface area contributed by atoms with Crippen LogP contribution in [-0.4, -0.2) is 33.4 Å². The summed E-state index contributed by atoms with van der Waals surface area (Å²) in [6, 6.07) is 7.24. The standard InChI is InChI=1S/C16H18ClN3O/c1-3-8-20-11-13(9-18-20)10-19(2)12-16(21)14-4-6-15(17)7-5-14/h1,4-7,9,11,16,21H,8,10,12H2,2H3. The van der Waals surface area contributed by atoms with E-state index in [2.05, 4.69) is 11.0 Å². The van der Waals surface area contributed by atoms with Crippen molar-refractivity contribution in [3.63, 3.8) is 0 Å². The fraction of sp³-hybridized carbons (Fsp3) is 0.312. The topological polar surface area (TPSA) is 41.3 Å². The molecule has 1 heterocycles. The molecule has 0 spiro atoms. The lowest BCUT2D eigenvalue weighted by Gasteiger charge is -2.20. The number of aromatic nitrogens is 2. The maximum atomic E-state index is 10.2. The van der Waals surface area contributed by atoms with Gasteiger partial charge in [-0.2, -0.15) is 5.10 Å². The number of aliphatic hydroxyl groups is 1. The Morgan fingerprint density at radius 2 is 2.14 bits per heavy atom. The number of nitrogens with zero attached hydrogens (tertiary/aromatic N) is 3. The Labute approximate surface area is 130 Å². The molecule has 1 aromatic carbocycles. The van der Waals surface area contributed by atoms with Crippen molar-refractivity contribution in [2.45, 2.75) is 19.2 Å². The average molecular weight is 304 g/mol. The van der Waals surface area contributed by atoms with Gasteiger partial charge in [0.2, 0.25) is 0 Å². The minimum Gasteiger partial charge on any atom is -0.387 e. The predicted molar refractivity (Wildman–Crippen MR) is 83.8 cm³/mol. The van der Waals surface area contributed by atoms with Gasteiger partial charge in [0.1, 0.15) is 6.54 Å². The van der Waals surface area contributed by atoms with Crippen LogP contribution in [0.25, 0.3) is 0 Å². The molecule has 110 valence electrons. The summed E-state index contributed by atoms with van der Waals surface area (Å²) in [5, 5.41) is 15.1. The predicted octanol–water partition coefficient (Wildman–Crippen LogP) is 2.34. The molecule has 0 saturated carbocycles. The van der Waals surface area contributed by atoms with Gasteiger partial charge in [-0.1, -0.05) is 29.7 Å². The van der Waals surface area contributed by atoms with Crippen molar-refractivity contribution in [2.75, 3.05) is 13.6 Å². The molecule has 1 atom stereocenters. The van der Waals surface area contributed by atoms with Gasteiger partial charge in [0.15, 0.2) is 0 Å². The highest BCUT2D eigenvalue weighted by Gasteiger charge is 2.11. The quantitative estimate of drug-likeness (QED) is 0.833. The van der Waals surface area contributed by atoms with Crippen LogP contribution in [0.2, 0.25) is 5.02 Å². The molecule has 0 saturated heterocycles. The van der Waals surface area contributed by atoms with E-state index in [1.807, 2.05) is 30.3 Å². The molecule has 4 nitrogen and oxygen atoms in total. The lowest BCUT2D eigenvalue weighted by Crippen LogP contribution is -2.24. The number of rotatable bonds is 6. The summed E-state index contributed by atoms with van der Waals surface area (Å²) in [5.41, 5.74) is 1.92. The largest absolute Gasteiger partial charge is 0.387 e. The third-order valence-electron chi connectivity index (χ3n) is 3.13. The molecule has 1 aromatic heterocycles. The van der Waals surface area contributed by atoms with Gasteiger partial charge in [0.05, 0.1) is 12.3 Å². The SMILES string of the molecule is C#CCn1cc(CN(C)CC(O)c2ccc(Cl)cc2)cn1. The highest BCUT2D eigenvalue weighted by molar-refractivity contribution is 6.30. The third kappa shape index (κ3) is 4.61. The molecule has 0 fully saturated rings. The first-order valence-electron chi connectivity index (χ1n) is 6.65. The fourth-order valence-corrected chi connectivity index (χ4v) is 2.26. The normalized spacial score (nSPS) is 12.3. The van der Waals surface area contributed by atoms with Crippen LogP contribution in [0.1, 0.15) is 17.2 Å². The van der Waals surface area contributed by atoms with Crippen LogP contribution in [0.5, 0.6) is 0 Å². The summed E-state index contributed by atoms with van der Waals surface area (Å²) in [5.74, 6) is 2.54. The number of halogens is 1. The monoisotopic (exact) mass is 303 g/mol. The second kappa shape index (κ2) is 7.28. The van der Waals surface area contributed by atoms with Gasteiger partial charge in [-0.05, 0) is 24.7 Å². The minimum absolute atomic E-state index is 0.469. The summed E-state index contributed by atoms with van der Waals surface area (Å²) in [4.78, 5) is 2.04. The van der Waals surface area contributed by atoms with Crippen molar-refractivity contribution in [3.8, 4) is 12.3 Å². The van der Waals surface area contributed by atoms with Gasteiger partial charge in [0, 0.05) is 29.9 Å². The summed E-state index contributed by atoms with van der Waals surface area (Å²) < 4.78 is 1.72. The number of likely N-dealkylation sites (N-methyl/N-ethyl adjacent to an activating group) is 1. The van der Waals surface area contributed by atoms with E-state index >= 15 is 0 Å². The molecule has 1 N–H and O–H groups in total. The van der Waals surface area contributed by atoms with E-state index in [0.29, 0.717) is 24.7 Å². The van der Waals surface area contributed by atoms with E-state index in [0.717, 1.165) is 11.1 Å². The van der Waals surface area contributed by atoms with Crippen LogP contribution >= 0.6 is 11.6 Å². The van der Waals surface area contributed by atoms with Crippen LogP contribution in [0.15, 0.2) is 36.7 Å². The van der Waals surface area contributed by atoms with E-state index in [1.165, 1.54) is 0 Å². The lowest BCUT2D eigenvalue weighted by atomic mass is 10.1. The molecule has 1 unspecified atom stereocenters. The maximum Gasteiger partial charge on any atom is 0.101 e. The summed E-state index contributed by atoms with van der Waals surface area (Å²) in [7, 11) is 1.96. The van der Waals surface area contributed by atoms with Crippen molar-refractivity contribution in [2.24, 2.45) is 0 Å². The van der Waals surface area contributed by atoms with Gasteiger partial charge in [-0.15, -0.1) is 6.42 Å². The second-order valence-electron chi connectivity index (χ2n) is 5.01. The van der Waals surface area contributed by atoms with Crippen LogP contribution in [0, 0.1) is 12.3 Å². The van der Waals surface area contributed by atoms with Crippen molar-refractivity contribution >= 4 is 11.6 Å². The van der Waals surface area contributed by atoms with Crippen molar-refractivity contribution in [1.29, 1.82) is 0 Å². The highest BCUT2D eigenvalue weighted by Crippen LogP contribution is 2.17. The third-order valence-corrected chi connectivity index (χ3v) is 3.38. The zero-order valence-electron chi connectivity index (χ0n) is 11.9. The lowest BCUT2D eigenvalue weighted by molar-refractivity contribution is 0.124. The average Bonchev–Trinajstić information content (AvgIpc) is 2.87. The summed E-state index contributed by atoms with van der Waals surface area (Å²) in [6.07, 6.45) is 8.42. The zero-order chi connectivity index (χ0) is 15.2. The molecule has 0 amide bonds. The molecular weight excluding hydrogens is 286 g/mol. The molecule has 0 radical (unpaired) electrons. The van der Waals surface area contributed by atoms with Crippen molar-refractivity contribution < 1.29 is 5.11 Å². The van der Waals surface area contributed by atoms with Gasteiger partial charge in [0.25, 0.3) is 0 Å². The van der Waals surface area contributed by atoms with Crippen LogP contribution in [0.3, 0.4) is 0 Å². The van der Waals surface area contributed by atoms with Crippen LogP contribution in [0.4, 0.5) is 0 Å². The number of terminal acetylenes is 1. The Morgan fingerprint density at radius 1 is 1.43 bits per heavy atom. The van der Waals surface area contributed by atoms with Gasteiger partial charge in [-0.25, -0.2) is 0 Å². The van der Waals surface area contributed by atoms with Crippen molar-refractivity contribution in [1.82, 2.24) is 14.7 Å². The second-order valence-corrected chi connectivity index (χ2v) is 5.45. The summed E-state index contributed by atoms with van der Waals surface area (Å²) >= 11 is 5.84. The maximum absolute atomic E-state index is 10.2. The number of aliphatic hydroxyl groups excluding tert-OH is 1. The number of hydrogen-bond acceptors (Lipinski definition) is 3. The number of benzene rings is 1. The Hall–Kier alpha value is -1.80. The molecular formula is C16H18ClN3O.